The summed E-state index contributed by atoms with van der Waals surface area (Å²) in [4.78, 5) is 25.6. The normalized spacial score (nSPS) is 18.0. The number of thiophene rings is 1. The van der Waals surface area contributed by atoms with Crippen molar-refractivity contribution in [3.8, 4) is 0 Å². The van der Waals surface area contributed by atoms with Crippen LogP contribution < -0.4 is 5.32 Å². The quantitative estimate of drug-likeness (QED) is 0.873. The smallest absolute Gasteiger partial charge is 0.348 e. The van der Waals surface area contributed by atoms with E-state index in [-0.39, 0.29) is 18.1 Å². The molecule has 0 saturated carbocycles. The Hall–Kier alpha value is -1.36. The van der Waals surface area contributed by atoms with Crippen molar-refractivity contribution in [1.82, 2.24) is 5.32 Å². The van der Waals surface area contributed by atoms with Crippen LogP contribution in [0.15, 0.2) is 6.07 Å². The van der Waals surface area contributed by atoms with E-state index in [1.807, 2.05) is 26.8 Å². The van der Waals surface area contributed by atoms with Crippen LogP contribution >= 0.6 is 11.3 Å². The van der Waals surface area contributed by atoms with Crippen LogP contribution in [-0.2, 0) is 22.4 Å². The van der Waals surface area contributed by atoms with Crippen molar-refractivity contribution in [1.29, 1.82) is 0 Å². The first-order valence-electron chi connectivity index (χ1n) is 7.34. The van der Waals surface area contributed by atoms with Gasteiger partial charge < -0.3 is 10.1 Å². The standard InChI is InChI=1S/C16H23NO3S/c1-10-5-6-12-11(7-10)8-13(21-12)15(19)20-9-14(18)17-16(2,3)4/h8,10H,5-7,9H2,1-4H3,(H,17,18)/t10-/m0/s1. The van der Waals surface area contributed by atoms with Crippen molar-refractivity contribution >= 4 is 23.2 Å². The van der Waals surface area contributed by atoms with Crippen LogP contribution in [-0.4, -0.2) is 24.0 Å². The number of nitrogens with one attached hydrogen (secondary N) is 1. The summed E-state index contributed by atoms with van der Waals surface area (Å²) in [6.07, 6.45) is 3.25. The second-order valence-electron chi connectivity index (χ2n) is 6.78. The van der Waals surface area contributed by atoms with Gasteiger partial charge in [0.2, 0.25) is 0 Å². The number of hydrogen-bond donors (Lipinski definition) is 1. The minimum Gasteiger partial charge on any atom is -0.451 e. The van der Waals surface area contributed by atoms with Crippen LogP contribution in [0.3, 0.4) is 0 Å². The molecule has 1 heterocycles. The van der Waals surface area contributed by atoms with Crippen molar-refractivity contribution in [2.24, 2.45) is 5.92 Å². The largest absolute Gasteiger partial charge is 0.451 e. The van der Waals surface area contributed by atoms with Gasteiger partial charge in [0.05, 0.1) is 0 Å². The highest BCUT2D eigenvalue weighted by Gasteiger charge is 2.22. The summed E-state index contributed by atoms with van der Waals surface area (Å²) in [5, 5.41) is 2.77. The van der Waals surface area contributed by atoms with Gasteiger partial charge in [-0.2, -0.15) is 0 Å². The van der Waals surface area contributed by atoms with Gasteiger partial charge in [-0.1, -0.05) is 6.92 Å². The molecule has 1 aromatic rings. The highest BCUT2D eigenvalue weighted by atomic mass is 32.1. The van der Waals surface area contributed by atoms with Crippen molar-refractivity contribution in [3.63, 3.8) is 0 Å². The maximum atomic E-state index is 12.0. The van der Waals surface area contributed by atoms with Gasteiger partial charge in [0.25, 0.3) is 5.91 Å². The summed E-state index contributed by atoms with van der Waals surface area (Å²) < 4.78 is 5.10. The Morgan fingerprint density at radius 2 is 2.14 bits per heavy atom. The molecule has 5 heteroatoms. The zero-order chi connectivity index (χ0) is 15.6. The fraction of sp³-hybridized carbons (Fsp3) is 0.625. The SMILES string of the molecule is C[C@H]1CCc2sc(C(=O)OCC(=O)NC(C)(C)C)cc2C1. The minimum absolute atomic E-state index is 0.227. The predicted molar refractivity (Wildman–Crippen MR) is 83.7 cm³/mol. The Labute approximate surface area is 129 Å². The molecule has 0 unspecified atom stereocenters. The molecule has 1 atom stereocenters. The summed E-state index contributed by atoms with van der Waals surface area (Å²) >= 11 is 1.50. The Kier molecular flexibility index (Phi) is 4.71. The number of carbonyl (C=O) groups excluding carboxylic acids is 2. The van der Waals surface area contributed by atoms with E-state index in [9.17, 15) is 9.59 Å². The highest BCUT2D eigenvalue weighted by Crippen LogP contribution is 2.32. The lowest BCUT2D eigenvalue weighted by atomic mass is 9.90. The Bertz CT molecular complexity index is 542. The maximum Gasteiger partial charge on any atom is 0.348 e. The first-order valence-corrected chi connectivity index (χ1v) is 8.16. The fourth-order valence-corrected chi connectivity index (χ4v) is 3.57. The molecule has 1 aromatic heterocycles. The van der Waals surface area contributed by atoms with Gasteiger partial charge >= 0.3 is 5.97 Å². The number of aryl methyl sites for hydroxylation is 1. The molecule has 21 heavy (non-hydrogen) atoms. The molecule has 1 aliphatic carbocycles. The van der Waals surface area contributed by atoms with E-state index in [1.165, 1.54) is 28.2 Å². The molecule has 0 radical (unpaired) electrons. The van der Waals surface area contributed by atoms with Gasteiger partial charge in [0, 0.05) is 10.4 Å². The summed E-state index contributed by atoms with van der Waals surface area (Å²) in [6, 6.07) is 1.93. The fourth-order valence-electron chi connectivity index (χ4n) is 2.46. The molecule has 4 nitrogen and oxygen atoms in total. The first kappa shape index (κ1) is 16.0. The molecular formula is C16H23NO3S. The van der Waals surface area contributed by atoms with E-state index in [1.54, 1.807) is 0 Å². The third kappa shape index (κ3) is 4.56. The molecule has 0 saturated heterocycles. The highest BCUT2D eigenvalue weighted by molar-refractivity contribution is 7.14. The first-order chi connectivity index (χ1) is 9.74. The third-order valence-corrected chi connectivity index (χ3v) is 4.60. The molecule has 1 N–H and O–H groups in total. The van der Waals surface area contributed by atoms with E-state index >= 15 is 0 Å². The number of ether oxygens (including phenoxy) is 1. The molecular weight excluding hydrogens is 286 g/mol. The third-order valence-electron chi connectivity index (χ3n) is 3.38. The van der Waals surface area contributed by atoms with Crippen LogP contribution in [0, 0.1) is 5.92 Å². The van der Waals surface area contributed by atoms with E-state index in [0.29, 0.717) is 10.8 Å². The van der Waals surface area contributed by atoms with E-state index < -0.39 is 5.97 Å². The summed E-state index contributed by atoms with van der Waals surface area (Å²) in [6.45, 7) is 7.67. The van der Waals surface area contributed by atoms with Gasteiger partial charge in [-0.25, -0.2) is 4.79 Å². The van der Waals surface area contributed by atoms with Gasteiger partial charge in [-0.15, -0.1) is 11.3 Å². The van der Waals surface area contributed by atoms with E-state index in [2.05, 4.69) is 12.2 Å². The molecule has 2 rings (SSSR count). The summed E-state index contributed by atoms with van der Waals surface area (Å²) in [5.74, 6) is 0.00503. The van der Waals surface area contributed by atoms with Crippen LogP contribution in [0.1, 0.15) is 54.2 Å². The molecule has 0 fully saturated rings. The molecule has 0 aromatic carbocycles. The molecule has 116 valence electrons. The zero-order valence-electron chi connectivity index (χ0n) is 13.1. The second-order valence-corrected chi connectivity index (χ2v) is 7.92. The summed E-state index contributed by atoms with van der Waals surface area (Å²) in [5.41, 5.74) is 0.951. The Morgan fingerprint density at radius 3 is 2.81 bits per heavy atom. The van der Waals surface area contributed by atoms with Crippen LogP contribution in [0.5, 0.6) is 0 Å². The Balaban J connectivity index is 1.91. The molecule has 0 aliphatic heterocycles. The number of carbonyl (C=O) groups is 2. The van der Waals surface area contributed by atoms with E-state index in [4.69, 9.17) is 4.74 Å². The average Bonchev–Trinajstić information content (AvgIpc) is 2.76. The van der Waals surface area contributed by atoms with Crippen LogP contribution in [0.25, 0.3) is 0 Å². The monoisotopic (exact) mass is 309 g/mol. The lowest BCUT2D eigenvalue weighted by molar-refractivity contribution is -0.125. The van der Waals surface area contributed by atoms with Crippen molar-refractivity contribution in [2.45, 2.75) is 52.5 Å². The number of esters is 1. The predicted octanol–water partition coefficient (Wildman–Crippen LogP) is 2.94. The minimum atomic E-state index is -0.397. The Morgan fingerprint density at radius 1 is 1.43 bits per heavy atom. The number of fused-ring (bicyclic) bond motifs is 1. The lowest BCUT2D eigenvalue weighted by Crippen LogP contribution is -2.42. The topological polar surface area (TPSA) is 55.4 Å². The van der Waals surface area contributed by atoms with Crippen LogP contribution in [0.4, 0.5) is 0 Å². The second kappa shape index (κ2) is 6.18. The van der Waals surface area contributed by atoms with Gasteiger partial charge in [-0.3, -0.25) is 4.79 Å². The zero-order valence-corrected chi connectivity index (χ0v) is 13.9. The average molecular weight is 309 g/mol. The van der Waals surface area contributed by atoms with Gasteiger partial charge in [0.15, 0.2) is 6.61 Å². The van der Waals surface area contributed by atoms with Gasteiger partial charge in [0.1, 0.15) is 4.88 Å². The summed E-state index contributed by atoms with van der Waals surface area (Å²) in [7, 11) is 0. The maximum absolute atomic E-state index is 12.0. The molecule has 1 aliphatic rings. The molecule has 0 bridgehead atoms. The molecule has 0 spiro atoms. The van der Waals surface area contributed by atoms with Crippen LogP contribution in [0.2, 0.25) is 0 Å². The lowest BCUT2D eigenvalue weighted by Gasteiger charge is -2.20. The van der Waals surface area contributed by atoms with Gasteiger partial charge in [-0.05, 0) is 57.6 Å². The number of amides is 1. The molecule has 1 amide bonds. The number of hydrogen-bond acceptors (Lipinski definition) is 4. The van der Waals surface area contributed by atoms with Crippen molar-refractivity contribution < 1.29 is 14.3 Å². The van der Waals surface area contributed by atoms with E-state index in [0.717, 1.165) is 12.8 Å². The van der Waals surface area contributed by atoms with Crippen molar-refractivity contribution in [2.75, 3.05) is 6.61 Å². The van der Waals surface area contributed by atoms with Crippen molar-refractivity contribution in [3.05, 3.63) is 21.4 Å². The number of rotatable bonds is 3.